The van der Waals surface area contributed by atoms with Gasteiger partial charge >= 0.3 is 0 Å². The molecule has 2 aromatic rings. The summed E-state index contributed by atoms with van der Waals surface area (Å²) in [6, 6.07) is 3.54. The van der Waals surface area contributed by atoms with Crippen molar-refractivity contribution in [3.8, 4) is 0 Å². The van der Waals surface area contributed by atoms with Crippen LogP contribution in [0.1, 0.15) is 18.2 Å². The molecule has 0 aliphatic rings. The van der Waals surface area contributed by atoms with Crippen LogP contribution in [0.4, 0.5) is 23.2 Å². The first-order valence-corrected chi connectivity index (χ1v) is 5.91. The number of nitrogens with zero attached hydrogens (tertiary/aromatic N) is 2. The van der Waals surface area contributed by atoms with Crippen molar-refractivity contribution in [3.05, 3.63) is 53.1 Å². The quantitative estimate of drug-likeness (QED) is 0.692. The molecule has 0 unspecified atom stereocenters. The topological polar surface area (TPSA) is 37.8 Å². The van der Waals surface area contributed by atoms with Gasteiger partial charge in [0.15, 0.2) is 0 Å². The highest BCUT2D eigenvalue weighted by atomic mass is 19.2. The van der Waals surface area contributed by atoms with Crippen molar-refractivity contribution < 1.29 is 17.6 Å². The van der Waals surface area contributed by atoms with E-state index in [-0.39, 0.29) is 6.54 Å². The molecular formula is C13H11F4N3. The maximum Gasteiger partial charge on any atom is 0.253 e. The van der Waals surface area contributed by atoms with Crippen molar-refractivity contribution in [2.75, 3.05) is 5.32 Å². The molecule has 2 aromatic heterocycles. The molecule has 0 aliphatic heterocycles. The molecule has 0 spiro atoms. The Labute approximate surface area is 112 Å². The molecule has 7 heteroatoms. The van der Waals surface area contributed by atoms with E-state index in [0.29, 0.717) is 12.1 Å². The van der Waals surface area contributed by atoms with Crippen LogP contribution in [-0.4, -0.2) is 9.97 Å². The predicted molar refractivity (Wildman–Crippen MR) is 65.0 cm³/mol. The van der Waals surface area contributed by atoms with Gasteiger partial charge in [0.05, 0.1) is 12.2 Å². The van der Waals surface area contributed by atoms with Crippen LogP contribution in [0.5, 0.6) is 0 Å². The monoisotopic (exact) mass is 285 g/mol. The zero-order chi connectivity index (χ0) is 14.7. The van der Waals surface area contributed by atoms with Gasteiger partial charge in [-0.2, -0.15) is 22.5 Å². The summed E-state index contributed by atoms with van der Waals surface area (Å²) in [5.74, 6) is -6.50. The second kappa shape index (κ2) is 5.85. The second-order valence-corrected chi connectivity index (χ2v) is 4.01. The molecule has 2 rings (SSSR count). The highest BCUT2D eigenvalue weighted by Crippen LogP contribution is 2.22. The van der Waals surface area contributed by atoms with Crippen molar-refractivity contribution >= 4 is 5.69 Å². The molecule has 0 amide bonds. The molecule has 106 valence electrons. The maximum atomic E-state index is 13.4. The third-order valence-corrected chi connectivity index (χ3v) is 2.80. The van der Waals surface area contributed by atoms with Gasteiger partial charge < -0.3 is 5.32 Å². The zero-order valence-electron chi connectivity index (χ0n) is 10.6. The van der Waals surface area contributed by atoms with Crippen molar-refractivity contribution in [2.24, 2.45) is 0 Å². The van der Waals surface area contributed by atoms with E-state index >= 15 is 0 Å². The Bertz CT molecular complexity index is 605. The summed E-state index contributed by atoms with van der Waals surface area (Å²) in [5.41, 5.74) is 0.532. The Morgan fingerprint density at radius 1 is 1.10 bits per heavy atom. The van der Waals surface area contributed by atoms with Gasteiger partial charge in [0, 0.05) is 6.20 Å². The van der Waals surface area contributed by atoms with Crippen LogP contribution >= 0.6 is 0 Å². The van der Waals surface area contributed by atoms with E-state index in [1.54, 1.807) is 6.07 Å². The number of nitrogens with one attached hydrogen (secondary N) is 1. The van der Waals surface area contributed by atoms with E-state index in [1.807, 2.05) is 13.0 Å². The van der Waals surface area contributed by atoms with Gasteiger partial charge in [-0.3, -0.25) is 4.98 Å². The molecule has 3 nitrogen and oxygen atoms in total. The smallest absolute Gasteiger partial charge is 0.253 e. The summed E-state index contributed by atoms with van der Waals surface area (Å²) in [6.07, 6.45) is 2.20. The van der Waals surface area contributed by atoms with E-state index in [0.717, 1.165) is 5.56 Å². The van der Waals surface area contributed by atoms with Crippen molar-refractivity contribution in [1.29, 1.82) is 0 Å². The Hall–Kier alpha value is -2.18. The van der Waals surface area contributed by atoms with E-state index in [1.165, 1.54) is 6.20 Å². The Kier molecular flexibility index (Phi) is 4.16. The van der Waals surface area contributed by atoms with E-state index in [4.69, 9.17) is 0 Å². The molecule has 0 atom stereocenters. The number of anilines is 1. The van der Waals surface area contributed by atoms with Crippen LogP contribution in [0.15, 0.2) is 18.3 Å². The van der Waals surface area contributed by atoms with Crippen LogP contribution in [0.2, 0.25) is 0 Å². The highest BCUT2D eigenvalue weighted by Gasteiger charge is 2.20. The van der Waals surface area contributed by atoms with Crippen LogP contribution in [-0.2, 0) is 13.0 Å². The fraction of sp³-hybridized carbons (Fsp3) is 0.231. The first-order valence-electron chi connectivity index (χ1n) is 5.91. The molecular weight excluding hydrogens is 274 g/mol. The maximum absolute atomic E-state index is 13.4. The predicted octanol–water partition coefficient (Wildman–Crippen LogP) is 3.21. The first kappa shape index (κ1) is 14.2. The number of hydrogen-bond donors (Lipinski definition) is 1. The van der Waals surface area contributed by atoms with Crippen molar-refractivity contribution in [1.82, 2.24) is 9.97 Å². The minimum absolute atomic E-state index is 0.0548. The van der Waals surface area contributed by atoms with Gasteiger partial charge in [0.1, 0.15) is 5.69 Å². The van der Waals surface area contributed by atoms with Gasteiger partial charge in [0.2, 0.25) is 11.6 Å². The van der Waals surface area contributed by atoms with Crippen LogP contribution in [0.3, 0.4) is 0 Å². The highest BCUT2D eigenvalue weighted by molar-refractivity contribution is 5.45. The molecule has 0 saturated carbocycles. The average molecular weight is 285 g/mol. The number of pyridine rings is 2. The average Bonchev–Trinajstić information content (AvgIpc) is 2.45. The standard InChI is InChI=1S/C13H11F4N3/c1-2-7-4-3-5-18-8(7)6-19-11-9(14)12(16)20-13(17)10(11)15/h3-5H,2,6H2,1H3,(H,19,20). The third-order valence-electron chi connectivity index (χ3n) is 2.80. The molecule has 0 radical (unpaired) electrons. The summed E-state index contributed by atoms with van der Waals surface area (Å²) < 4.78 is 52.7. The minimum atomic E-state index is -1.69. The van der Waals surface area contributed by atoms with E-state index < -0.39 is 29.2 Å². The van der Waals surface area contributed by atoms with Crippen molar-refractivity contribution in [3.63, 3.8) is 0 Å². The molecule has 1 N–H and O–H groups in total. The SMILES string of the molecule is CCc1cccnc1CNc1c(F)c(F)nc(F)c1F. The molecule has 0 fully saturated rings. The van der Waals surface area contributed by atoms with Gasteiger partial charge in [-0.25, -0.2) is 0 Å². The molecule has 0 aromatic carbocycles. The Balaban J connectivity index is 2.27. The fourth-order valence-corrected chi connectivity index (χ4v) is 1.77. The van der Waals surface area contributed by atoms with E-state index in [9.17, 15) is 17.6 Å². The second-order valence-electron chi connectivity index (χ2n) is 4.01. The molecule has 2 heterocycles. The lowest BCUT2D eigenvalue weighted by molar-refractivity contribution is 0.410. The summed E-state index contributed by atoms with van der Waals surface area (Å²) in [4.78, 5) is 6.54. The zero-order valence-corrected chi connectivity index (χ0v) is 10.6. The Morgan fingerprint density at radius 2 is 1.75 bits per heavy atom. The van der Waals surface area contributed by atoms with Crippen molar-refractivity contribution in [2.45, 2.75) is 19.9 Å². The summed E-state index contributed by atoms with van der Waals surface area (Å²) in [7, 11) is 0. The lowest BCUT2D eigenvalue weighted by Gasteiger charge is -2.11. The number of rotatable bonds is 4. The van der Waals surface area contributed by atoms with Gasteiger partial charge in [0.25, 0.3) is 11.9 Å². The van der Waals surface area contributed by atoms with Gasteiger partial charge in [-0.1, -0.05) is 13.0 Å². The van der Waals surface area contributed by atoms with Gasteiger partial charge in [-0.05, 0) is 18.1 Å². The van der Waals surface area contributed by atoms with Crippen LogP contribution in [0.25, 0.3) is 0 Å². The fourth-order valence-electron chi connectivity index (χ4n) is 1.77. The number of aromatic nitrogens is 2. The first-order chi connectivity index (χ1) is 9.54. The molecule has 20 heavy (non-hydrogen) atoms. The molecule has 0 saturated heterocycles. The van der Waals surface area contributed by atoms with Crippen LogP contribution in [0, 0.1) is 23.5 Å². The van der Waals surface area contributed by atoms with E-state index in [2.05, 4.69) is 15.3 Å². The lowest BCUT2D eigenvalue weighted by Crippen LogP contribution is -2.11. The summed E-state index contributed by atoms with van der Waals surface area (Å²) in [6.45, 7) is 1.84. The Morgan fingerprint density at radius 3 is 2.35 bits per heavy atom. The van der Waals surface area contributed by atoms with Crippen LogP contribution < -0.4 is 5.32 Å². The third kappa shape index (κ3) is 2.71. The number of hydrogen-bond acceptors (Lipinski definition) is 3. The summed E-state index contributed by atoms with van der Waals surface area (Å²) in [5, 5.41) is 2.32. The lowest BCUT2D eigenvalue weighted by atomic mass is 10.1. The number of aryl methyl sites for hydroxylation is 1. The number of halogens is 4. The normalized spacial score (nSPS) is 10.7. The molecule has 0 bridgehead atoms. The largest absolute Gasteiger partial charge is 0.374 e. The summed E-state index contributed by atoms with van der Waals surface area (Å²) >= 11 is 0. The minimum Gasteiger partial charge on any atom is -0.374 e. The van der Waals surface area contributed by atoms with Gasteiger partial charge in [-0.15, -0.1) is 0 Å². The molecule has 0 aliphatic carbocycles.